The lowest BCUT2D eigenvalue weighted by atomic mass is 10.0. The first-order chi connectivity index (χ1) is 19.1. The predicted octanol–water partition coefficient (Wildman–Crippen LogP) is 0.553. The third kappa shape index (κ3) is 5.79. The molecule has 41 heavy (non-hydrogen) atoms. The molecule has 1 atom stereocenters. The number of amides is 2. The Morgan fingerprint density at radius 3 is 1.68 bits per heavy atom. The van der Waals surface area contributed by atoms with Gasteiger partial charge in [0.2, 0.25) is 0 Å². The van der Waals surface area contributed by atoms with E-state index in [0.717, 1.165) is 66.8 Å². The molecule has 0 spiro atoms. The molecule has 2 aliphatic heterocycles. The SMILES string of the molecule is O=C(O)C1=NN(c2ccc(S(=O)(=O)O)cc2)C(=O)/C1=C/C=C/C1C(=O)N(c2ccc(S(=O)(=O)O)cc2)N=C1C(=O)O. The number of carboxylic acids is 2. The van der Waals surface area contributed by atoms with Crippen LogP contribution in [0.25, 0.3) is 0 Å². The Hall–Kier alpha value is -5.04. The maximum atomic E-state index is 13.0. The molecule has 0 saturated carbocycles. The van der Waals surface area contributed by atoms with E-state index in [-0.39, 0.29) is 11.4 Å². The fraction of sp³-hybridized carbons (Fsp3) is 0.0435. The van der Waals surface area contributed by atoms with E-state index in [0.29, 0.717) is 10.0 Å². The van der Waals surface area contributed by atoms with E-state index >= 15 is 0 Å². The Bertz CT molecular complexity index is 1830. The molecule has 16 nitrogen and oxygen atoms in total. The molecule has 0 aliphatic carbocycles. The molecule has 18 heteroatoms. The van der Waals surface area contributed by atoms with Crippen LogP contribution in [0.5, 0.6) is 0 Å². The van der Waals surface area contributed by atoms with Crippen LogP contribution in [-0.4, -0.2) is 71.3 Å². The largest absolute Gasteiger partial charge is 0.477 e. The van der Waals surface area contributed by atoms with Gasteiger partial charge in [0.15, 0.2) is 11.4 Å². The second kappa shape index (κ2) is 10.5. The fourth-order valence-electron chi connectivity index (χ4n) is 3.68. The van der Waals surface area contributed by atoms with Crippen molar-refractivity contribution in [1.82, 2.24) is 0 Å². The van der Waals surface area contributed by atoms with Crippen LogP contribution in [0.4, 0.5) is 11.4 Å². The number of carboxylic acid groups (broad SMARTS) is 2. The van der Waals surface area contributed by atoms with Crippen molar-refractivity contribution < 1.29 is 55.3 Å². The molecule has 0 radical (unpaired) electrons. The Labute approximate surface area is 230 Å². The smallest absolute Gasteiger partial charge is 0.357 e. The van der Waals surface area contributed by atoms with Crippen molar-refractivity contribution in [2.45, 2.75) is 9.79 Å². The summed E-state index contributed by atoms with van der Waals surface area (Å²) >= 11 is 0. The van der Waals surface area contributed by atoms with Gasteiger partial charge in [0, 0.05) is 0 Å². The summed E-state index contributed by atoms with van der Waals surface area (Å²) in [5, 5.41) is 27.9. The van der Waals surface area contributed by atoms with Crippen molar-refractivity contribution >= 4 is 66.8 Å². The normalized spacial score (nSPS) is 18.8. The minimum atomic E-state index is -4.53. The van der Waals surface area contributed by atoms with Gasteiger partial charge in [-0.1, -0.05) is 12.2 Å². The summed E-state index contributed by atoms with van der Waals surface area (Å²) in [5.41, 5.74) is -1.84. The molecule has 0 bridgehead atoms. The molecule has 2 aromatic rings. The van der Waals surface area contributed by atoms with Crippen molar-refractivity contribution in [3.05, 3.63) is 72.3 Å². The molecule has 1 unspecified atom stereocenters. The third-order valence-electron chi connectivity index (χ3n) is 5.60. The van der Waals surface area contributed by atoms with Crippen molar-refractivity contribution in [3.63, 3.8) is 0 Å². The van der Waals surface area contributed by atoms with Gasteiger partial charge in [0.25, 0.3) is 32.1 Å². The average molecular weight is 605 g/mol. The van der Waals surface area contributed by atoms with Gasteiger partial charge in [-0.3, -0.25) is 18.7 Å². The Kier molecular flexibility index (Phi) is 7.42. The standard InChI is InChI=1S/C23H16N4O12S2/c28-20-16(18(22(30)31)24-26(20)12-4-8-14(9-5-12)40(34,35)36)2-1-3-17-19(23(32)33)25-27(21(17)29)13-6-10-15(11-7-13)41(37,38)39/h1-11,16H,(H,30,31)(H,32,33)(H,34,35,36)(H,37,38,39)/b2-1+,17-3+. The van der Waals surface area contributed by atoms with E-state index in [4.69, 9.17) is 9.11 Å². The van der Waals surface area contributed by atoms with E-state index in [1.54, 1.807) is 0 Å². The van der Waals surface area contributed by atoms with Gasteiger partial charge in [0.1, 0.15) is 5.92 Å². The monoisotopic (exact) mass is 604 g/mol. The van der Waals surface area contributed by atoms with Crippen LogP contribution in [0.15, 0.2) is 92.3 Å². The molecule has 212 valence electrons. The first-order valence-electron chi connectivity index (χ1n) is 11.0. The van der Waals surface area contributed by atoms with Crippen molar-refractivity contribution in [2.24, 2.45) is 16.1 Å². The van der Waals surface area contributed by atoms with Crippen molar-refractivity contribution in [1.29, 1.82) is 0 Å². The third-order valence-corrected chi connectivity index (χ3v) is 7.34. The minimum absolute atomic E-state index is 0.0164. The van der Waals surface area contributed by atoms with Crippen molar-refractivity contribution in [2.75, 3.05) is 10.0 Å². The van der Waals surface area contributed by atoms with Gasteiger partial charge >= 0.3 is 11.9 Å². The maximum Gasteiger partial charge on any atom is 0.357 e. The number of anilines is 2. The number of nitrogens with zero attached hydrogens (tertiary/aromatic N) is 4. The first kappa shape index (κ1) is 29.0. The summed E-state index contributed by atoms with van der Waals surface area (Å²) in [4.78, 5) is 48.4. The summed E-state index contributed by atoms with van der Waals surface area (Å²) in [6, 6.07) is 8.32. The molecule has 2 aliphatic rings. The highest BCUT2D eigenvalue weighted by molar-refractivity contribution is 7.86. The Balaban J connectivity index is 1.61. The number of aliphatic carboxylic acids is 2. The molecule has 0 fully saturated rings. The topological polar surface area (TPSA) is 249 Å². The second-order valence-corrected chi connectivity index (χ2v) is 11.0. The summed E-state index contributed by atoms with van der Waals surface area (Å²) in [6.45, 7) is 0. The lowest BCUT2D eigenvalue weighted by Gasteiger charge is -2.13. The first-order valence-corrected chi connectivity index (χ1v) is 13.8. The highest BCUT2D eigenvalue weighted by atomic mass is 32.2. The molecule has 4 N–H and O–H groups in total. The maximum absolute atomic E-state index is 13.0. The number of hydrazone groups is 2. The molecule has 0 aromatic heterocycles. The number of hydrogen-bond acceptors (Lipinski definition) is 10. The highest BCUT2D eigenvalue weighted by Gasteiger charge is 2.39. The molecule has 0 saturated heterocycles. The van der Waals surface area contributed by atoms with Crippen LogP contribution in [0.1, 0.15) is 0 Å². The van der Waals surface area contributed by atoms with Gasteiger partial charge in [0.05, 0.1) is 26.7 Å². The molecule has 4 rings (SSSR count). The summed E-state index contributed by atoms with van der Waals surface area (Å²) in [5.74, 6) is -6.48. The predicted molar refractivity (Wildman–Crippen MR) is 138 cm³/mol. The zero-order chi connectivity index (χ0) is 30.3. The van der Waals surface area contributed by atoms with Gasteiger partial charge in [-0.15, -0.1) is 0 Å². The van der Waals surface area contributed by atoms with Gasteiger partial charge in [-0.05, 0) is 54.6 Å². The van der Waals surface area contributed by atoms with Crippen LogP contribution in [-0.2, 0) is 39.4 Å². The van der Waals surface area contributed by atoms with E-state index in [9.17, 15) is 46.2 Å². The summed E-state index contributed by atoms with van der Waals surface area (Å²) < 4.78 is 63.2. The number of carbonyl (C=O) groups is 4. The summed E-state index contributed by atoms with van der Waals surface area (Å²) in [6.07, 6.45) is 3.09. The summed E-state index contributed by atoms with van der Waals surface area (Å²) in [7, 11) is -9.05. The molecular weight excluding hydrogens is 588 g/mol. The van der Waals surface area contributed by atoms with Gasteiger partial charge in [-0.25, -0.2) is 9.59 Å². The average Bonchev–Trinajstić information content (AvgIpc) is 3.40. The van der Waals surface area contributed by atoms with Crippen LogP contribution in [0.3, 0.4) is 0 Å². The second-order valence-electron chi connectivity index (χ2n) is 8.19. The van der Waals surface area contributed by atoms with Crippen LogP contribution >= 0.6 is 0 Å². The fourth-order valence-corrected chi connectivity index (χ4v) is 4.64. The van der Waals surface area contributed by atoms with Gasteiger partial charge < -0.3 is 10.2 Å². The number of benzene rings is 2. The number of rotatable bonds is 8. The lowest BCUT2D eigenvalue weighted by molar-refractivity contribution is -0.130. The van der Waals surface area contributed by atoms with Crippen molar-refractivity contribution in [3.8, 4) is 0 Å². The minimum Gasteiger partial charge on any atom is -0.477 e. The van der Waals surface area contributed by atoms with Crippen LogP contribution in [0, 0.1) is 5.92 Å². The number of allylic oxidation sites excluding steroid dienone is 2. The van der Waals surface area contributed by atoms with E-state index in [2.05, 4.69) is 10.2 Å². The zero-order valence-electron chi connectivity index (χ0n) is 20.1. The van der Waals surface area contributed by atoms with Gasteiger partial charge in [-0.2, -0.15) is 37.1 Å². The molecular formula is C23H16N4O12S2. The van der Waals surface area contributed by atoms with E-state index < -0.39 is 76.7 Å². The van der Waals surface area contributed by atoms with E-state index in [1.165, 1.54) is 0 Å². The lowest BCUT2D eigenvalue weighted by Crippen LogP contribution is -2.28. The molecule has 2 aromatic carbocycles. The Morgan fingerprint density at radius 1 is 0.756 bits per heavy atom. The quantitative estimate of drug-likeness (QED) is 0.238. The Morgan fingerprint density at radius 2 is 1.24 bits per heavy atom. The molecule has 2 amide bonds. The van der Waals surface area contributed by atoms with Crippen LogP contribution in [0.2, 0.25) is 0 Å². The number of hydrogen-bond donors (Lipinski definition) is 4. The number of carbonyl (C=O) groups excluding carboxylic acids is 2. The molecule has 2 heterocycles. The van der Waals surface area contributed by atoms with Crippen LogP contribution < -0.4 is 10.0 Å². The van der Waals surface area contributed by atoms with E-state index in [1.807, 2.05) is 0 Å². The highest BCUT2D eigenvalue weighted by Crippen LogP contribution is 2.28. The zero-order valence-corrected chi connectivity index (χ0v) is 21.7.